The van der Waals surface area contributed by atoms with E-state index in [9.17, 15) is 13.9 Å². The van der Waals surface area contributed by atoms with Gasteiger partial charge in [-0.15, -0.1) is 0 Å². The molecule has 6 heteroatoms. The molecule has 3 nitrogen and oxygen atoms in total. The Kier molecular flexibility index (Phi) is 3.35. The number of allylic oxidation sites excluding steroid dienone is 2. The first-order chi connectivity index (χ1) is 9.60. The Hall–Kier alpha value is -1.66. The Morgan fingerprint density at radius 2 is 2.15 bits per heavy atom. The number of nitrogens with one attached hydrogen (secondary N) is 1. The molecule has 104 valence electrons. The van der Waals surface area contributed by atoms with Crippen molar-refractivity contribution in [2.45, 2.75) is 6.17 Å². The largest absolute Gasteiger partial charge is 0.390 e. The Morgan fingerprint density at radius 1 is 1.35 bits per heavy atom. The van der Waals surface area contributed by atoms with Gasteiger partial charge in [0.05, 0.1) is 18.0 Å². The number of aliphatic hydroxyl groups excluding tert-OH is 1. The summed E-state index contributed by atoms with van der Waals surface area (Å²) in [6.45, 7) is -0.250. The van der Waals surface area contributed by atoms with Crippen LogP contribution in [0.3, 0.4) is 0 Å². The van der Waals surface area contributed by atoms with Crippen LogP contribution in [0, 0.1) is 11.6 Å². The quantitative estimate of drug-likeness (QED) is 0.868. The van der Waals surface area contributed by atoms with E-state index in [-0.39, 0.29) is 18.3 Å². The van der Waals surface area contributed by atoms with Crippen LogP contribution in [0.15, 0.2) is 46.7 Å². The van der Waals surface area contributed by atoms with Gasteiger partial charge in [0.1, 0.15) is 17.8 Å². The molecule has 0 saturated carbocycles. The van der Waals surface area contributed by atoms with E-state index in [0.717, 1.165) is 10.5 Å². The highest BCUT2D eigenvalue weighted by atomic mass is 79.9. The standard InChI is InChI=1S/C14H11BrF2N2O/c15-8-1-4-13-18-14(12(7-20)19(13)6-8)10-3-2-9(16)5-11(10)17/h1-6,13,18,20H,7H2. The van der Waals surface area contributed by atoms with Gasteiger partial charge in [-0.3, -0.25) is 0 Å². The molecule has 1 aromatic rings. The molecule has 1 unspecified atom stereocenters. The fraction of sp³-hybridized carbons (Fsp3) is 0.143. The van der Waals surface area contributed by atoms with E-state index in [4.69, 9.17) is 0 Å². The molecule has 0 aromatic heterocycles. The third-order valence-electron chi connectivity index (χ3n) is 3.24. The monoisotopic (exact) mass is 340 g/mol. The van der Waals surface area contributed by atoms with Gasteiger partial charge in [-0.05, 0) is 40.2 Å². The molecule has 0 amide bonds. The topological polar surface area (TPSA) is 35.5 Å². The molecular weight excluding hydrogens is 330 g/mol. The summed E-state index contributed by atoms with van der Waals surface area (Å²) in [7, 11) is 0. The predicted octanol–water partition coefficient (Wildman–Crippen LogP) is 2.66. The molecule has 1 aromatic carbocycles. The van der Waals surface area contributed by atoms with Crippen molar-refractivity contribution in [1.82, 2.24) is 10.2 Å². The van der Waals surface area contributed by atoms with E-state index in [0.29, 0.717) is 11.4 Å². The average molecular weight is 341 g/mol. The number of hydrogen-bond donors (Lipinski definition) is 2. The minimum atomic E-state index is -0.662. The molecule has 2 heterocycles. The van der Waals surface area contributed by atoms with Crippen LogP contribution in [0.4, 0.5) is 8.78 Å². The number of fused-ring (bicyclic) bond motifs is 1. The summed E-state index contributed by atoms with van der Waals surface area (Å²) in [5, 5.41) is 12.7. The highest BCUT2D eigenvalue weighted by Gasteiger charge is 2.31. The van der Waals surface area contributed by atoms with Crippen molar-refractivity contribution < 1.29 is 13.9 Å². The van der Waals surface area contributed by atoms with Crippen molar-refractivity contribution in [3.63, 3.8) is 0 Å². The zero-order chi connectivity index (χ0) is 14.3. The first-order valence-corrected chi connectivity index (χ1v) is 6.79. The summed E-state index contributed by atoms with van der Waals surface area (Å²) in [4.78, 5) is 1.81. The maximum Gasteiger partial charge on any atom is 0.135 e. The summed E-state index contributed by atoms with van der Waals surface area (Å²) in [5.41, 5.74) is 1.25. The maximum atomic E-state index is 13.9. The van der Waals surface area contributed by atoms with Crippen LogP contribution in [0.2, 0.25) is 0 Å². The number of aliphatic hydroxyl groups is 1. The van der Waals surface area contributed by atoms with Crippen molar-refractivity contribution >= 4 is 21.6 Å². The van der Waals surface area contributed by atoms with Gasteiger partial charge in [-0.25, -0.2) is 8.78 Å². The first-order valence-electron chi connectivity index (χ1n) is 6.00. The summed E-state index contributed by atoms with van der Waals surface area (Å²) < 4.78 is 27.8. The summed E-state index contributed by atoms with van der Waals surface area (Å²) in [5.74, 6) is -1.29. The molecule has 0 fully saturated rings. The Labute approximate surface area is 123 Å². The second kappa shape index (κ2) is 5.03. The van der Waals surface area contributed by atoms with Crippen LogP contribution in [0.5, 0.6) is 0 Å². The van der Waals surface area contributed by atoms with Gasteiger partial charge >= 0.3 is 0 Å². The third-order valence-corrected chi connectivity index (χ3v) is 3.71. The van der Waals surface area contributed by atoms with E-state index in [1.807, 2.05) is 17.1 Å². The lowest BCUT2D eigenvalue weighted by molar-refractivity contribution is 0.279. The van der Waals surface area contributed by atoms with Crippen LogP contribution < -0.4 is 5.32 Å². The Balaban J connectivity index is 2.08. The second-order valence-corrected chi connectivity index (χ2v) is 5.39. The minimum Gasteiger partial charge on any atom is -0.390 e. The van der Waals surface area contributed by atoms with Gasteiger partial charge in [0, 0.05) is 22.3 Å². The molecule has 2 aliphatic heterocycles. The van der Waals surface area contributed by atoms with Gasteiger partial charge in [0.25, 0.3) is 0 Å². The molecule has 0 spiro atoms. The molecule has 0 bridgehead atoms. The lowest BCUT2D eigenvalue weighted by Gasteiger charge is -2.25. The van der Waals surface area contributed by atoms with Crippen molar-refractivity contribution in [3.8, 4) is 0 Å². The number of benzene rings is 1. The first kappa shape index (κ1) is 13.3. The van der Waals surface area contributed by atoms with Gasteiger partial charge in [0.2, 0.25) is 0 Å². The lowest BCUT2D eigenvalue weighted by atomic mass is 10.1. The predicted molar refractivity (Wildman–Crippen MR) is 75.3 cm³/mol. The molecule has 2 N–H and O–H groups in total. The van der Waals surface area contributed by atoms with Crippen LogP contribution in [0.25, 0.3) is 5.70 Å². The second-order valence-electron chi connectivity index (χ2n) is 4.47. The SMILES string of the molecule is OCC1=C(c2ccc(F)cc2F)NC2C=CC(Br)=CN12. The summed E-state index contributed by atoms with van der Waals surface area (Å²) >= 11 is 3.36. The van der Waals surface area contributed by atoms with Crippen LogP contribution in [-0.4, -0.2) is 22.8 Å². The number of hydrogen-bond acceptors (Lipinski definition) is 3. The maximum absolute atomic E-state index is 13.9. The highest BCUT2D eigenvalue weighted by Crippen LogP contribution is 2.33. The molecule has 0 saturated heterocycles. The van der Waals surface area contributed by atoms with E-state index in [1.54, 1.807) is 6.20 Å². The highest BCUT2D eigenvalue weighted by molar-refractivity contribution is 9.11. The molecule has 3 rings (SSSR count). The Morgan fingerprint density at radius 3 is 2.85 bits per heavy atom. The molecule has 0 aliphatic carbocycles. The van der Waals surface area contributed by atoms with E-state index >= 15 is 0 Å². The van der Waals surface area contributed by atoms with Crippen LogP contribution >= 0.6 is 15.9 Å². The number of rotatable bonds is 2. The van der Waals surface area contributed by atoms with Gasteiger partial charge in [-0.2, -0.15) is 0 Å². The smallest absolute Gasteiger partial charge is 0.135 e. The zero-order valence-corrected chi connectivity index (χ0v) is 11.9. The molecule has 2 aliphatic rings. The minimum absolute atomic E-state index is 0.182. The molecule has 20 heavy (non-hydrogen) atoms. The summed E-state index contributed by atoms with van der Waals surface area (Å²) in [6.07, 6.45) is 5.37. The van der Waals surface area contributed by atoms with Crippen molar-refractivity contribution in [2.24, 2.45) is 0 Å². The van der Waals surface area contributed by atoms with Crippen LogP contribution in [-0.2, 0) is 0 Å². The van der Waals surface area contributed by atoms with Crippen molar-refractivity contribution in [2.75, 3.05) is 6.61 Å². The number of halogens is 3. The zero-order valence-electron chi connectivity index (χ0n) is 10.3. The average Bonchev–Trinajstić information content (AvgIpc) is 2.76. The van der Waals surface area contributed by atoms with E-state index in [1.165, 1.54) is 12.1 Å². The molecule has 1 atom stereocenters. The van der Waals surface area contributed by atoms with Crippen molar-refractivity contribution in [1.29, 1.82) is 0 Å². The van der Waals surface area contributed by atoms with E-state index < -0.39 is 11.6 Å². The van der Waals surface area contributed by atoms with Gasteiger partial charge in [0.15, 0.2) is 0 Å². The normalized spacial score (nSPS) is 20.9. The van der Waals surface area contributed by atoms with Crippen LogP contribution in [0.1, 0.15) is 5.56 Å². The molecule has 0 radical (unpaired) electrons. The molecular formula is C14H11BrF2N2O. The van der Waals surface area contributed by atoms with E-state index in [2.05, 4.69) is 21.2 Å². The number of nitrogens with zero attached hydrogens (tertiary/aromatic N) is 1. The van der Waals surface area contributed by atoms with Gasteiger partial charge < -0.3 is 15.3 Å². The fourth-order valence-corrected chi connectivity index (χ4v) is 2.72. The fourth-order valence-electron chi connectivity index (χ4n) is 2.34. The Bertz CT molecular complexity index is 655. The summed E-state index contributed by atoms with van der Waals surface area (Å²) in [6, 6.07) is 3.39. The lowest BCUT2D eigenvalue weighted by Crippen LogP contribution is -2.34. The third kappa shape index (κ3) is 2.14. The van der Waals surface area contributed by atoms with Gasteiger partial charge in [-0.1, -0.05) is 0 Å². The van der Waals surface area contributed by atoms with Crippen molar-refractivity contribution in [3.05, 3.63) is 63.9 Å².